The minimum Gasteiger partial charge on any atom is -0.347 e. The van der Waals surface area contributed by atoms with Gasteiger partial charge in [-0.15, -0.1) is 11.3 Å². The van der Waals surface area contributed by atoms with Crippen LogP contribution in [0.5, 0.6) is 0 Å². The lowest BCUT2D eigenvalue weighted by atomic mass is 10.2. The lowest BCUT2D eigenvalue weighted by molar-refractivity contribution is 0.0951. The molecule has 0 aliphatic heterocycles. The molecule has 0 aliphatic rings. The summed E-state index contributed by atoms with van der Waals surface area (Å²) in [7, 11) is 0. The van der Waals surface area contributed by atoms with Gasteiger partial charge in [0.05, 0.1) is 23.9 Å². The molecular weight excluding hydrogens is 246 g/mol. The van der Waals surface area contributed by atoms with E-state index >= 15 is 0 Å². The van der Waals surface area contributed by atoms with Crippen molar-refractivity contribution in [3.8, 4) is 0 Å². The second-order valence-electron chi connectivity index (χ2n) is 3.90. The second kappa shape index (κ2) is 4.62. The Labute approximate surface area is 108 Å². The van der Waals surface area contributed by atoms with E-state index in [2.05, 4.69) is 15.3 Å². The molecule has 2 N–H and O–H groups in total. The number of H-pyrrole nitrogens is 1. The van der Waals surface area contributed by atoms with Gasteiger partial charge in [-0.1, -0.05) is 6.07 Å². The quantitative estimate of drug-likeness (QED) is 0.757. The summed E-state index contributed by atoms with van der Waals surface area (Å²) in [5, 5.41) is 4.89. The molecule has 0 fully saturated rings. The fourth-order valence-corrected chi connectivity index (χ4v) is 2.40. The first-order valence-corrected chi connectivity index (χ1v) is 6.44. The Morgan fingerprint density at radius 1 is 1.39 bits per heavy atom. The van der Waals surface area contributed by atoms with Crippen LogP contribution in [0.2, 0.25) is 0 Å². The topological polar surface area (TPSA) is 57.8 Å². The molecule has 0 spiro atoms. The van der Waals surface area contributed by atoms with Crippen molar-refractivity contribution >= 4 is 28.3 Å². The third-order valence-corrected chi connectivity index (χ3v) is 3.56. The number of aromatic nitrogens is 2. The fourth-order valence-electron chi connectivity index (χ4n) is 1.76. The lowest BCUT2D eigenvalue weighted by Gasteiger charge is -2.03. The summed E-state index contributed by atoms with van der Waals surface area (Å²) in [6, 6.07) is 9.41. The van der Waals surface area contributed by atoms with E-state index in [4.69, 9.17) is 0 Å². The lowest BCUT2D eigenvalue weighted by Crippen LogP contribution is -2.22. The first kappa shape index (κ1) is 11.0. The molecule has 4 nitrogen and oxygen atoms in total. The summed E-state index contributed by atoms with van der Waals surface area (Å²) in [6.07, 6.45) is 1.62. The largest absolute Gasteiger partial charge is 0.347 e. The van der Waals surface area contributed by atoms with Crippen LogP contribution < -0.4 is 5.32 Å². The molecule has 0 unspecified atom stereocenters. The average molecular weight is 257 g/mol. The summed E-state index contributed by atoms with van der Waals surface area (Å²) in [6.45, 7) is 0.567. The van der Waals surface area contributed by atoms with Crippen LogP contribution in [0.3, 0.4) is 0 Å². The number of carbonyl (C=O) groups is 1. The molecule has 0 atom stereocenters. The van der Waals surface area contributed by atoms with Crippen molar-refractivity contribution in [1.82, 2.24) is 15.3 Å². The van der Waals surface area contributed by atoms with E-state index in [1.807, 2.05) is 29.6 Å². The Kier molecular flexibility index (Phi) is 2.82. The summed E-state index contributed by atoms with van der Waals surface area (Å²) in [5.74, 6) is -0.0695. The molecule has 18 heavy (non-hydrogen) atoms. The van der Waals surface area contributed by atoms with Crippen molar-refractivity contribution in [2.24, 2.45) is 0 Å². The van der Waals surface area contributed by atoms with Gasteiger partial charge in [-0.2, -0.15) is 0 Å². The molecular formula is C13H11N3OS. The number of fused-ring (bicyclic) bond motifs is 1. The van der Waals surface area contributed by atoms with Crippen LogP contribution in [0.15, 0.2) is 42.0 Å². The van der Waals surface area contributed by atoms with Crippen molar-refractivity contribution in [2.45, 2.75) is 6.54 Å². The van der Waals surface area contributed by atoms with E-state index < -0.39 is 0 Å². The Morgan fingerprint density at radius 2 is 2.33 bits per heavy atom. The van der Waals surface area contributed by atoms with Gasteiger partial charge < -0.3 is 10.3 Å². The van der Waals surface area contributed by atoms with Gasteiger partial charge in [0.2, 0.25) is 0 Å². The predicted octanol–water partition coefficient (Wildman–Crippen LogP) is 2.55. The zero-order valence-electron chi connectivity index (χ0n) is 9.51. The highest BCUT2D eigenvalue weighted by Gasteiger charge is 2.07. The van der Waals surface area contributed by atoms with Gasteiger partial charge in [0.1, 0.15) is 0 Å². The predicted molar refractivity (Wildman–Crippen MR) is 71.6 cm³/mol. The van der Waals surface area contributed by atoms with Crippen LogP contribution in [0.25, 0.3) is 11.0 Å². The SMILES string of the molecule is O=C(NCc1cccs1)c1ccc2nc[nH]c2c1. The van der Waals surface area contributed by atoms with Gasteiger partial charge in [0, 0.05) is 10.4 Å². The molecule has 0 saturated heterocycles. The van der Waals surface area contributed by atoms with Gasteiger partial charge in [-0.05, 0) is 29.6 Å². The Bertz CT molecular complexity index is 672. The van der Waals surface area contributed by atoms with Gasteiger partial charge in [-0.25, -0.2) is 4.98 Å². The van der Waals surface area contributed by atoms with Gasteiger partial charge in [-0.3, -0.25) is 4.79 Å². The van der Waals surface area contributed by atoms with Crippen LogP contribution in [-0.2, 0) is 6.54 Å². The third kappa shape index (κ3) is 2.12. The number of thiophene rings is 1. The molecule has 0 saturated carbocycles. The second-order valence-corrected chi connectivity index (χ2v) is 4.93. The molecule has 3 rings (SSSR count). The number of nitrogens with one attached hydrogen (secondary N) is 2. The molecule has 2 aromatic heterocycles. The van der Waals surface area contributed by atoms with E-state index in [0.29, 0.717) is 12.1 Å². The number of hydrogen-bond donors (Lipinski definition) is 2. The summed E-state index contributed by atoms with van der Waals surface area (Å²) >= 11 is 1.63. The van der Waals surface area contributed by atoms with Gasteiger partial charge in [0.25, 0.3) is 5.91 Å². The van der Waals surface area contributed by atoms with Crippen LogP contribution in [0, 0.1) is 0 Å². The normalized spacial score (nSPS) is 10.7. The molecule has 2 heterocycles. The van der Waals surface area contributed by atoms with E-state index in [-0.39, 0.29) is 5.91 Å². The zero-order valence-corrected chi connectivity index (χ0v) is 10.3. The number of hydrogen-bond acceptors (Lipinski definition) is 3. The molecule has 1 amide bonds. The minimum absolute atomic E-state index is 0.0695. The molecule has 90 valence electrons. The summed E-state index contributed by atoms with van der Waals surface area (Å²) in [5.41, 5.74) is 2.38. The standard InChI is InChI=1S/C13H11N3OS/c17-13(14-7-10-2-1-5-18-10)9-3-4-11-12(6-9)16-8-15-11/h1-6,8H,7H2,(H,14,17)(H,15,16). The average Bonchev–Trinajstić information content (AvgIpc) is 3.05. The van der Waals surface area contributed by atoms with Crippen molar-refractivity contribution < 1.29 is 4.79 Å². The molecule has 0 bridgehead atoms. The van der Waals surface area contributed by atoms with Crippen molar-refractivity contribution in [2.75, 3.05) is 0 Å². The fraction of sp³-hybridized carbons (Fsp3) is 0.0769. The molecule has 5 heteroatoms. The zero-order chi connectivity index (χ0) is 12.4. The maximum atomic E-state index is 12.0. The van der Waals surface area contributed by atoms with E-state index in [9.17, 15) is 4.79 Å². The Hall–Kier alpha value is -2.14. The highest BCUT2D eigenvalue weighted by molar-refractivity contribution is 7.09. The number of carbonyl (C=O) groups excluding carboxylic acids is 1. The summed E-state index contributed by atoms with van der Waals surface area (Å²) in [4.78, 5) is 20.2. The van der Waals surface area contributed by atoms with Crippen LogP contribution in [0.4, 0.5) is 0 Å². The molecule has 3 aromatic rings. The molecule has 1 aromatic carbocycles. The van der Waals surface area contributed by atoms with E-state index in [1.54, 1.807) is 23.7 Å². The highest BCUT2D eigenvalue weighted by atomic mass is 32.1. The maximum Gasteiger partial charge on any atom is 0.251 e. The number of imidazole rings is 1. The van der Waals surface area contributed by atoms with Crippen LogP contribution in [0.1, 0.15) is 15.2 Å². The first-order chi connectivity index (χ1) is 8.83. The molecule has 0 radical (unpaired) electrons. The van der Waals surface area contributed by atoms with Crippen molar-refractivity contribution in [1.29, 1.82) is 0 Å². The third-order valence-electron chi connectivity index (χ3n) is 2.69. The van der Waals surface area contributed by atoms with Gasteiger partial charge in [0.15, 0.2) is 0 Å². The van der Waals surface area contributed by atoms with E-state index in [1.165, 1.54) is 0 Å². The van der Waals surface area contributed by atoms with Crippen molar-refractivity contribution in [3.05, 3.63) is 52.5 Å². The number of rotatable bonds is 3. The summed E-state index contributed by atoms with van der Waals surface area (Å²) < 4.78 is 0. The van der Waals surface area contributed by atoms with Crippen LogP contribution >= 0.6 is 11.3 Å². The Morgan fingerprint density at radius 3 is 3.17 bits per heavy atom. The monoisotopic (exact) mass is 257 g/mol. The van der Waals surface area contributed by atoms with Gasteiger partial charge >= 0.3 is 0 Å². The van der Waals surface area contributed by atoms with Crippen molar-refractivity contribution in [3.63, 3.8) is 0 Å². The number of amides is 1. The first-order valence-electron chi connectivity index (χ1n) is 5.56. The number of benzene rings is 1. The maximum absolute atomic E-state index is 12.0. The minimum atomic E-state index is -0.0695. The number of aromatic amines is 1. The number of nitrogens with zero attached hydrogens (tertiary/aromatic N) is 1. The highest BCUT2D eigenvalue weighted by Crippen LogP contribution is 2.12. The smallest absolute Gasteiger partial charge is 0.251 e. The Balaban J connectivity index is 1.75. The molecule has 0 aliphatic carbocycles. The van der Waals surface area contributed by atoms with Crippen LogP contribution in [-0.4, -0.2) is 15.9 Å². The van der Waals surface area contributed by atoms with E-state index in [0.717, 1.165) is 15.9 Å².